The van der Waals surface area contributed by atoms with Gasteiger partial charge in [-0.25, -0.2) is 4.98 Å². The molecule has 33 heavy (non-hydrogen) atoms. The van der Waals surface area contributed by atoms with Gasteiger partial charge in [0.05, 0.1) is 22.9 Å². The Labute approximate surface area is 210 Å². The number of hydrogen-bond acceptors (Lipinski definition) is 4. The molecule has 0 saturated carbocycles. The maximum atomic E-state index is 12.6. The molecule has 0 saturated heterocycles. The zero-order valence-electron chi connectivity index (χ0n) is 18.2. The van der Waals surface area contributed by atoms with Crippen LogP contribution in [0, 0.1) is 6.92 Å². The highest BCUT2D eigenvalue weighted by molar-refractivity contribution is 9.10. The Kier molecular flexibility index (Phi) is 8.40. The van der Waals surface area contributed by atoms with Gasteiger partial charge in [-0.2, -0.15) is 0 Å². The number of ether oxygens (including phenoxy) is 1. The lowest BCUT2D eigenvalue weighted by Gasteiger charge is -2.21. The number of nitrogens with zero attached hydrogens (tertiary/aromatic N) is 3. The van der Waals surface area contributed by atoms with Crippen molar-refractivity contribution in [2.45, 2.75) is 26.4 Å². The van der Waals surface area contributed by atoms with E-state index in [4.69, 9.17) is 27.9 Å². The summed E-state index contributed by atoms with van der Waals surface area (Å²) in [6, 6.07) is 6.97. The highest BCUT2D eigenvalue weighted by Crippen LogP contribution is 2.35. The van der Waals surface area contributed by atoms with Gasteiger partial charge in [-0.3, -0.25) is 14.0 Å². The van der Waals surface area contributed by atoms with E-state index in [2.05, 4.69) is 32.8 Å². The van der Waals surface area contributed by atoms with Crippen molar-refractivity contribution in [3.05, 3.63) is 69.0 Å². The minimum absolute atomic E-state index is 0.0784. The van der Waals surface area contributed by atoms with Crippen LogP contribution in [0.3, 0.4) is 0 Å². The molecule has 1 aromatic carbocycles. The molecule has 0 fully saturated rings. The zero-order valence-corrected chi connectivity index (χ0v) is 21.3. The van der Waals surface area contributed by atoms with Crippen LogP contribution in [-0.2, 0) is 16.2 Å². The van der Waals surface area contributed by atoms with E-state index in [0.717, 1.165) is 10.3 Å². The predicted molar refractivity (Wildman–Crippen MR) is 134 cm³/mol. The van der Waals surface area contributed by atoms with Gasteiger partial charge in [0.25, 0.3) is 0 Å². The van der Waals surface area contributed by atoms with Crippen molar-refractivity contribution < 1.29 is 14.3 Å². The van der Waals surface area contributed by atoms with Crippen LogP contribution in [0.2, 0.25) is 10.0 Å². The lowest BCUT2D eigenvalue weighted by Crippen LogP contribution is -2.38. The number of allylic oxidation sites excluding steroid dienone is 1. The van der Waals surface area contributed by atoms with E-state index in [9.17, 15) is 9.59 Å². The van der Waals surface area contributed by atoms with Crippen LogP contribution in [-0.4, -0.2) is 34.8 Å². The number of fused-ring (bicyclic) bond motifs is 1. The summed E-state index contributed by atoms with van der Waals surface area (Å²) in [5.41, 5.74) is 2.49. The smallest absolute Gasteiger partial charge is 0.246 e. The molecule has 3 rings (SSSR count). The highest BCUT2D eigenvalue weighted by Gasteiger charge is 2.20. The van der Waals surface area contributed by atoms with E-state index in [1.807, 2.05) is 29.7 Å². The quantitative estimate of drug-likeness (QED) is 0.363. The Bertz CT molecular complexity index is 1210. The number of likely N-dealkylation sites (N-methyl/N-ethyl adjacent to an activating group) is 1. The normalized spacial score (nSPS) is 10.8. The first-order valence-electron chi connectivity index (χ1n) is 10.1. The number of anilines is 1. The summed E-state index contributed by atoms with van der Waals surface area (Å²) < 4.78 is 8.73. The summed E-state index contributed by atoms with van der Waals surface area (Å²) in [6.45, 7) is 5.41. The number of nitrogens with one attached hydrogen (secondary N) is 1. The largest absolute Gasteiger partial charge is 0.485 e. The first-order valence-corrected chi connectivity index (χ1v) is 11.7. The summed E-state index contributed by atoms with van der Waals surface area (Å²) >= 11 is 16.5. The van der Waals surface area contributed by atoms with Crippen LogP contribution in [0.15, 0.2) is 47.7 Å². The molecule has 0 aliphatic carbocycles. The molecule has 3 aromatic rings. The summed E-state index contributed by atoms with van der Waals surface area (Å²) in [5.74, 6) is 0.0269. The summed E-state index contributed by atoms with van der Waals surface area (Å²) in [7, 11) is 1.59. The van der Waals surface area contributed by atoms with Gasteiger partial charge in [0.15, 0.2) is 11.4 Å². The minimum Gasteiger partial charge on any atom is -0.485 e. The number of carbonyl (C=O) groups excluding carboxylic acids is 2. The number of carbonyl (C=O) groups is 2. The van der Waals surface area contributed by atoms with Gasteiger partial charge < -0.3 is 15.0 Å². The van der Waals surface area contributed by atoms with Crippen molar-refractivity contribution in [1.82, 2.24) is 14.7 Å². The van der Waals surface area contributed by atoms with E-state index in [1.54, 1.807) is 25.3 Å². The summed E-state index contributed by atoms with van der Waals surface area (Å²) in [4.78, 5) is 30.3. The Morgan fingerprint density at radius 3 is 2.82 bits per heavy atom. The molecule has 0 spiro atoms. The minimum atomic E-state index is -0.319. The van der Waals surface area contributed by atoms with Crippen LogP contribution in [0.25, 0.3) is 5.65 Å². The van der Waals surface area contributed by atoms with E-state index in [-0.39, 0.29) is 31.4 Å². The molecule has 0 atom stereocenters. The van der Waals surface area contributed by atoms with Crippen LogP contribution >= 0.6 is 39.1 Å². The fourth-order valence-electron chi connectivity index (χ4n) is 3.11. The third kappa shape index (κ3) is 5.69. The molecule has 0 bridgehead atoms. The number of hydrogen-bond donors (Lipinski definition) is 1. The third-order valence-electron chi connectivity index (χ3n) is 5.00. The number of imidazole rings is 1. The number of rotatable bonds is 9. The molecular weight excluding hydrogens is 531 g/mol. The van der Waals surface area contributed by atoms with Crippen molar-refractivity contribution in [2.24, 2.45) is 0 Å². The summed E-state index contributed by atoms with van der Waals surface area (Å²) in [6.07, 6.45) is 4.36. The van der Waals surface area contributed by atoms with Crippen LogP contribution in [0.4, 0.5) is 5.69 Å². The standard InChI is InChI=1S/C23H23BrCl2N4O3/c1-4-5-8-19(31)27-12-20(32)29(3)17-10-9-16(25)15(21(17)26)13-33-18-7-6-11-30-22(24)14(2)28-23(18)30/h4,6-7,9-11H,1,5,8,12-13H2,2-3H3,(H,27,31). The lowest BCUT2D eigenvalue weighted by atomic mass is 10.2. The highest BCUT2D eigenvalue weighted by atomic mass is 79.9. The number of aryl methyl sites for hydroxylation is 1. The van der Waals surface area contributed by atoms with Crippen molar-refractivity contribution in [3.8, 4) is 5.75 Å². The van der Waals surface area contributed by atoms with Gasteiger partial charge >= 0.3 is 0 Å². The van der Waals surface area contributed by atoms with Crippen molar-refractivity contribution in [1.29, 1.82) is 0 Å². The van der Waals surface area contributed by atoms with Crippen molar-refractivity contribution >= 4 is 62.3 Å². The monoisotopic (exact) mass is 552 g/mol. The van der Waals surface area contributed by atoms with Crippen molar-refractivity contribution in [3.63, 3.8) is 0 Å². The zero-order chi connectivity index (χ0) is 24.1. The molecule has 0 aliphatic rings. The first-order chi connectivity index (χ1) is 15.7. The second-order valence-corrected chi connectivity index (χ2v) is 8.79. The number of benzene rings is 1. The topological polar surface area (TPSA) is 75.9 Å². The van der Waals surface area contributed by atoms with Gasteiger partial charge in [0, 0.05) is 30.3 Å². The van der Waals surface area contributed by atoms with Crippen molar-refractivity contribution in [2.75, 3.05) is 18.5 Å². The van der Waals surface area contributed by atoms with Gasteiger partial charge in [0.1, 0.15) is 11.2 Å². The molecule has 0 radical (unpaired) electrons. The fourth-order valence-corrected chi connectivity index (χ4v) is 4.10. The molecule has 174 valence electrons. The summed E-state index contributed by atoms with van der Waals surface area (Å²) in [5, 5.41) is 3.31. The predicted octanol–water partition coefficient (Wildman–Crippen LogP) is 5.34. The van der Waals surface area contributed by atoms with Gasteiger partial charge in [-0.15, -0.1) is 6.58 Å². The average Bonchev–Trinajstić information content (AvgIpc) is 3.09. The second kappa shape index (κ2) is 11.0. The molecular formula is C23H23BrCl2N4O3. The molecule has 2 aromatic heterocycles. The Morgan fingerprint density at radius 2 is 2.09 bits per heavy atom. The number of aromatic nitrogens is 2. The molecule has 2 amide bonds. The fraction of sp³-hybridized carbons (Fsp3) is 0.261. The average molecular weight is 554 g/mol. The van der Waals surface area contributed by atoms with Gasteiger partial charge in [-0.05, 0) is 53.5 Å². The lowest BCUT2D eigenvalue weighted by molar-refractivity contribution is -0.124. The molecule has 0 unspecified atom stereocenters. The number of halogens is 3. The Morgan fingerprint density at radius 1 is 1.33 bits per heavy atom. The van der Waals surface area contributed by atoms with Gasteiger partial charge in [0.2, 0.25) is 11.8 Å². The number of pyridine rings is 1. The van der Waals surface area contributed by atoms with Crippen LogP contribution in [0.5, 0.6) is 5.75 Å². The molecule has 10 heteroatoms. The van der Waals surface area contributed by atoms with Crippen LogP contribution in [0.1, 0.15) is 24.1 Å². The maximum Gasteiger partial charge on any atom is 0.246 e. The SMILES string of the molecule is C=CCCC(=O)NCC(=O)N(C)c1ccc(Cl)c(COc2cccn3c(Br)c(C)nc23)c1Cl. The van der Waals surface area contributed by atoms with E-state index in [0.29, 0.717) is 39.1 Å². The molecule has 2 heterocycles. The number of amides is 2. The van der Waals surface area contributed by atoms with E-state index >= 15 is 0 Å². The molecule has 1 N–H and O–H groups in total. The van der Waals surface area contributed by atoms with Crippen LogP contribution < -0.4 is 15.0 Å². The Hall–Kier alpha value is -2.55. The molecule has 7 nitrogen and oxygen atoms in total. The Balaban J connectivity index is 1.76. The van der Waals surface area contributed by atoms with Gasteiger partial charge in [-0.1, -0.05) is 29.3 Å². The first kappa shape index (κ1) is 25.1. The van der Waals surface area contributed by atoms with E-state index in [1.165, 1.54) is 4.90 Å². The molecule has 0 aliphatic heterocycles. The van der Waals surface area contributed by atoms with E-state index < -0.39 is 0 Å². The third-order valence-corrected chi connectivity index (χ3v) is 6.73. The maximum absolute atomic E-state index is 12.6. The second-order valence-electron chi connectivity index (χ2n) is 7.26.